The fourth-order valence-electron chi connectivity index (χ4n) is 3.49. The van der Waals surface area contributed by atoms with E-state index in [2.05, 4.69) is 31.0 Å². The second kappa shape index (κ2) is 6.36. The van der Waals surface area contributed by atoms with E-state index in [-0.39, 0.29) is 0 Å². The van der Waals surface area contributed by atoms with Crippen LogP contribution in [0.25, 0.3) is 0 Å². The molecule has 0 spiro atoms. The van der Waals surface area contributed by atoms with Crippen molar-refractivity contribution in [1.29, 1.82) is 0 Å². The maximum atomic E-state index is 5.81. The summed E-state index contributed by atoms with van der Waals surface area (Å²) in [6.07, 6.45) is 5.63. The van der Waals surface area contributed by atoms with Crippen LogP contribution in [-0.4, -0.2) is 49.8 Å². The quantitative estimate of drug-likeness (QED) is 0.833. The van der Waals surface area contributed by atoms with Crippen LogP contribution in [-0.2, 0) is 4.74 Å². The van der Waals surface area contributed by atoms with Gasteiger partial charge in [0, 0.05) is 25.7 Å². The molecule has 0 radical (unpaired) electrons. The normalized spacial score (nSPS) is 38.8. The van der Waals surface area contributed by atoms with Crippen LogP contribution in [0.2, 0.25) is 0 Å². The molecule has 1 N–H and O–H groups in total. The number of nitrogens with zero attached hydrogens (tertiary/aromatic N) is 1. The van der Waals surface area contributed by atoms with Crippen LogP contribution in [0.5, 0.6) is 0 Å². The third-order valence-electron chi connectivity index (χ3n) is 4.90. The zero-order valence-electron chi connectivity index (χ0n) is 12.4. The van der Waals surface area contributed by atoms with E-state index in [4.69, 9.17) is 4.74 Å². The Hall–Kier alpha value is -0.120. The first-order valence-electron chi connectivity index (χ1n) is 7.75. The van der Waals surface area contributed by atoms with Crippen molar-refractivity contribution >= 4 is 0 Å². The fourth-order valence-corrected chi connectivity index (χ4v) is 3.49. The first kappa shape index (κ1) is 14.3. The summed E-state index contributed by atoms with van der Waals surface area (Å²) < 4.78 is 5.81. The highest BCUT2D eigenvalue weighted by atomic mass is 16.5. The molecule has 0 aliphatic carbocycles. The van der Waals surface area contributed by atoms with Crippen LogP contribution in [0.15, 0.2) is 0 Å². The van der Waals surface area contributed by atoms with Crippen LogP contribution in [0.4, 0.5) is 0 Å². The molecule has 0 bridgehead atoms. The monoisotopic (exact) mass is 254 g/mol. The standard InChI is InChI=1S/C15H30N2O/c1-4-14-10-18-13(3)9-17(14)12-15(5-2)7-6-8-16-11-15/h13-14,16H,4-12H2,1-3H3. The molecule has 106 valence electrons. The predicted octanol–water partition coefficient (Wildman–Crippen LogP) is 2.27. The van der Waals surface area contributed by atoms with Crippen molar-refractivity contribution in [2.75, 3.05) is 32.8 Å². The average Bonchev–Trinajstić information content (AvgIpc) is 2.40. The van der Waals surface area contributed by atoms with Crippen LogP contribution in [0, 0.1) is 5.41 Å². The number of hydrogen-bond acceptors (Lipinski definition) is 3. The summed E-state index contributed by atoms with van der Waals surface area (Å²) in [4.78, 5) is 2.70. The van der Waals surface area contributed by atoms with Gasteiger partial charge in [0.2, 0.25) is 0 Å². The van der Waals surface area contributed by atoms with Crippen LogP contribution < -0.4 is 5.32 Å². The molecule has 0 aromatic heterocycles. The van der Waals surface area contributed by atoms with Gasteiger partial charge in [0.05, 0.1) is 12.7 Å². The molecule has 18 heavy (non-hydrogen) atoms. The first-order chi connectivity index (χ1) is 8.69. The van der Waals surface area contributed by atoms with Gasteiger partial charge in [-0.2, -0.15) is 0 Å². The van der Waals surface area contributed by atoms with Gasteiger partial charge in [-0.15, -0.1) is 0 Å². The van der Waals surface area contributed by atoms with Crippen molar-refractivity contribution in [3.63, 3.8) is 0 Å². The van der Waals surface area contributed by atoms with Gasteiger partial charge >= 0.3 is 0 Å². The maximum absolute atomic E-state index is 5.81. The van der Waals surface area contributed by atoms with Gasteiger partial charge in [0.15, 0.2) is 0 Å². The molecule has 2 saturated heterocycles. The van der Waals surface area contributed by atoms with Gasteiger partial charge in [-0.05, 0) is 44.6 Å². The predicted molar refractivity (Wildman–Crippen MR) is 75.9 cm³/mol. The van der Waals surface area contributed by atoms with E-state index >= 15 is 0 Å². The third kappa shape index (κ3) is 3.25. The van der Waals surface area contributed by atoms with Crippen molar-refractivity contribution in [2.24, 2.45) is 5.41 Å². The van der Waals surface area contributed by atoms with Gasteiger partial charge in [0.25, 0.3) is 0 Å². The lowest BCUT2D eigenvalue weighted by Crippen LogP contribution is -2.55. The third-order valence-corrected chi connectivity index (χ3v) is 4.90. The van der Waals surface area contributed by atoms with Crippen LogP contribution >= 0.6 is 0 Å². The van der Waals surface area contributed by atoms with Crippen molar-refractivity contribution in [3.8, 4) is 0 Å². The molecule has 2 fully saturated rings. The molecule has 3 atom stereocenters. The molecular weight excluding hydrogens is 224 g/mol. The Balaban J connectivity index is 1.99. The van der Waals surface area contributed by atoms with E-state index < -0.39 is 0 Å². The number of morpholine rings is 1. The minimum atomic E-state index is 0.401. The lowest BCUT2D eigenvalue weighted by atomic mass is 9.77. The lowest BCUT2D eigenvalue weighted by molar-refractivity contribution is -0.0721. The van der Waals surface area contributed by atoms with E-state index in [1.165, 1.54) is 45.3 Å². The zero-order valence-corrected chi connectivity index (χ0v) is 12.4. The zero-order chi connectivity index (χ0) is 13.0. The number of rotatable bonds is 4. The Morgan fingerprint density at radius 3 is 2.83 bits per heavy atom. The molecule has 3 heteroatoms. The molecule has 2 aliphatic rings. The molecule has 2 aliphatic heterocycles. The first-order valence-corrected chi connectivity index (χ1v) is 7.75. The molecule has 2 rings (SSSR count). The van der Waals surface area contributed by atoms with Crippen molar-refractivity contribution in [3.05, 3.63) is 0 Å². The topological polar surface area (TPSA) is 24.5 Å². The van der Waals surface area contributed by atoms with E-state index in [1.54, 1.807) is 0 Å². The molecule has 0 aromatic carbocycles. The number of hydrogen-bond donors (Lipinski definition) is 1. The molecule has 0 saturated carbocycles. The highest BCUT2D eigenvalue weighted by Gasteiger charge is 2.36. The fraction of sp³-hybridized carbons (Fsp3) is 1.00. The molecule has 0 amide bonds. The van der Waals surface area contributed by atoms with Crippen molar-refractivity contribution in [1.82, 2.24) is 10.2 Å². The van der Waals surface area contributed by atoms with Gasteiger partial charge in [-0.25, -0.2) is 0 Å². The largest absolute Gasteiger partial charge is 0.376 e. The second-order valence-corrected chi connectivity index (χ2v) is 6.27. The molecule has 3 unspecified atom stereocenters. The minimum absolute atomic E-state index is 0.401. The summed E-state index contributed by atoms with van der Waals surface area (Å²) >= 11 is 0. The summed E-state index contributed by atoms with van der Waals surface area (Å²) in [7, 11) is 0. The van der Waals surface area contributed by atoms with Gasteiger partial charge in [0.1, 0.15) is 0 Å². The van der Waals surface area contributed by atoms with E-state index in [9.17, 15) is 0 Å². The Kier molecular flexibility index (Phi) is 5.05. The molecule has 2 heterocycles. The minimum Gasteiger partial charge on any atom is -0.376 e. The molecular formula is C15H30N2O. The Labute approximate surface area is 112 Å². The Bertz CT molecular complexity index is 251. The SMILES string of the molecule is CCC1COC(C)CN1CC1(CC)CCCNC1. The van der Waals surface area contributed by atoms with Gasteiger partial charge in [-0.3, -0.25) is 4.90 Å². The molecule has 3 nitrogen and oxygen atoms in total. The molecule has 0 aromatic rings. The van der Waals surface area contributed by atoms with Crippen LogP contribution in [0.3, 0.4) is 0 Å². The number of ether oxygens (including phenoxy) is 1. The van der Waals surface area contributed by atoms with E-state index in [0.29, 0.717) is 17.6 Å². The average molecular weight is 254 g/mol. The van der Waals surface area contributed by atoms with Crippen molar-refractivity contribution in [2.45, 2.75) is 58.6 Å². The Morgan fingerprint density at radius 1 is 1.39 bits per heavy atom. The van der Waals surface area contributed by atoms with E-state index in [0.717, 1.165) is 13.2 Å². The van der Waals surface area contributed by atoms with Crippen LogP contribution in [0.1, 0.15) is 46.5 Å². The highest BCUT2D eigenvalue weighted by Crippen LogP contribution is 2.32. The Morgan fingerprint density at radius 2 is 2.22 bits per heavy atom. The number of piperidine rings is 1. The maximum Gasteiger partial charge on any atom is 0.0674 e. The highest BCUT2D eigenvalue weighted by molar-refractivity contribution is 4.90. The smallest absolute Gasteiger partial charge is 0.0674 e. The number of nitrogens with one attached hydrogen (secondary N) is 1. The summed E-state index contributed by atoms with van der Waals surface area (Å²) in [5.41, 5.74) is 0.503. The lowest BCUT2D eigenvalue weighted by Gasteiger charge is -2.46. The van der Waals surface area contributed by atoms with Crippen molar-refractivity contribution < 1.29 is 4.74 Å². The summed E-state index contributed by atoms with van der Waals surface area (Å²) in [5.74, 6) is 0. The summed E-state index contributed by atoms with van der Waals surface area (Å²) in [5, 5.41) is 3.60. The van der Waals surface area contributed by atoms with Gasteiger partial charge in [-0.1, -0.05) is 13.8 Å². The van der Waals surface area contributed by atoms with Gasteiger partial charge < -0.3 is 10.1 Å². The summed E-state index contributed by atoms with van der Waals surface area (Å²) in [6, 6.07) is 0.631. The second-order valence-electron chi connectivity index (χ2n) is 6.27. The summed E-state index contributed by atoms with van der Waals surface area (Å²) in [6.45, 7) is 12.5. The van der Waals surface area contributed by atoms with E-state index in [1.807, 2.05) is 0 Å².